The molecule has 1 aliphatic rings. The minimum Gasteiger partial charge on any atom is -0.508 e. The molecule has 0 unspecified atom stereocenters. The van der Waals surface area contributed by atoms with Crippen LogP contribution >= 0.6 is 15.9 Å². The number of phenols is 1. The van der Waals surface area contributed by atoms with Crippen molar-refractivity contribution in [1.29, 1.82) is 0 Å². The number of aromatic hydroxyl groups is 1. The Kier molecular flexibility index (Phi) is 3.66. The van der Waals surface area contributed by atoms with E-state index in [0.717, 1.165) is 29.3 Å². The van der Waals surface area contributed by atoms with E-state index in [1.54, 1.807) is 13.0 Å². The average Bonchev–Trinajstić information content (AvgIpc) is 2.36. The molecule has 1 saturated carbocycles. The largest absolute Gasteiger partial charge is 0.508 e. The number of carbonyl (C=O) groups is 1. The molecule has 1 aliphatic carbocycles. The summed E-state index contributed by atoms with van der Waals surface area (Å²) in [6.45, 7) is 1.80. The smallest absolute Gasteiger partial charge is 0.314 e. The second-order valence-electron chi connectivity index (χ2n) is 5.05. The van der Waals surface area contributed by atoms with Crippen LogP contribution in [-0.4, -0.2) is 16.2 Å². The van der Waals surface area contributed by atoms with Gasteiger partial charge in [0.2, 0.25) is 0 Å². The van der Waals surface area contributed by atoms with Crippen molar-refractivity contribution in [3.05, 3.63) is 27.7 Å². The SMILES string of the molecule is Cc1c(O)cc(C2(C(=O)O)CCCCC2)cc1Br. The van der Waals surface area contributed by atoms with E-state index >= 15 is 0 Å². The standard InChI is InChI=1S/C14H17BrO3/c1-9-11(15)7-10(8-12(9)16)14(13(17)18)5-3-2-4-6-14/h7-8,16H,2-6H2,1H3,(H,17,18). The summed E-state index contributed by atoms with van der Waals surface area (Å²) in [5.74, 6) is -0.622. The van der Waals surface area contributed by atoms with Gasteiger partial charge in [-0.15, -0.1) is 0 Å². The van der Waals surface area contributed by atoms with Crippen LogP contribution in [0.5, 0.6) is 5.75 Å². The number of hydrogen-bond donors (Lipinski definition) is 2. The van der Waals surface area contributed by atoms with Crippen LogP contribution in [-0.2, 0) is 10.2 Å². The molecule has 0 atom stereocenters. The zero-order chi connectivity index (χ0) is 13.3. The lowest BCUT2D eigenvalue weighted by Crippen LogP contribution is -2.37. The molecule has 0 amide bonds. The molecule has 0 saturated heterocycles. The van der Waals surface area contributed by atoms with Crippen molar-refractivity contribution in [3.63, 3.8) is 0 Å². The second-order valence-corrected chi connectivity index (χ2v) is 5.90. The molecule has 1 aromatic carbocycles. The topological polar surface area (TPSA) is 57.5 Å². The van der Waals surface area contributed by atoms with Gasteiger partial charge < -0.3 is 10.2 Å². The van der Waals surface area contributed by atoms with Crippen molar-refractivity contribution >= 4 is 21.9 Å². The molecule has 3 nitrogen and oxygen atoms in total. The fourth-order valence-electron chi connectivity index (χ4n) is 2.72. The molecule has 98 valence electrons. The molecule has 18 heavy (non-hydrogen) atoms. The van der Waals surface area contributed by atoms with Gasteiger partial charge in [0, 0.05) is 10.0 Å². The Morgan fingerprint density at radius 2 is 1.89 bits per heavy atom. The van der Waals surface area contributed by atoms with Crippen LogP contribution in [0.3, 0.4) is 0 Å². The van der Waals surface area contributed by atoms with Crippen molar-refractivity contribution in [2.24, 2.45) is 0 Å². The average molecular weight is 313 g/mol. The van der Waals surface area contributed by atoms with Gasteiger partial charge in [-0.2, -0.15) is 0 Å². The van der Waals surface area contributed by atoms with Gasteiger partial charge in [0.15, 0.2) is 0 Å². The van der Waals surface area contributed by atoms with E-state index in [2.05, 4.69) is 15.9 Å². The third-order valence-electron chi connectivity index (χ3n) is 3.99. The van der Waals surface area contributed by atoms with Gasteiger partial charge in [-0.1, -0.05) is 35.2 Å². The maximum atomic E-state index is 11.7. The first-order chi connectivity index (χ1) is 8.47. The number of rotatable bonds is 2. The van der Waals surface area contributed by atoms with E-state index in [-0.39, 0.29) is 5.75 Å². The highest BCUT2D eigenvalue weighted by atomic mass is 79.9. The Morgan fingerprint density at radius 3 is 2.39 bits per heavy atom. The van der Waals surface area contributed by atoms with Crippen LogP contribution in [0.25, 0.3) is 0 Å². The van der Waals surface area contributed by atoms with E-state index in [1.807, 2.05) is 6.07 Å². The van der Waals surface area contributed by atoms with E-state index in [0.29, 0.717) is 18.4 Å². The predicted molar refractivity (Wildman–Crippen MR) is 72.9 cm³/mol. The quantitative estimate of drug-likeness (QED) is 0.874. The summed E-state index contributed by atoms with van der Waals surface area (Å²) >= 11 is 3.38. The summed E-state index contributed by atoms with van der Waals surface area (Å²) in [5.41, 5.74) is 0.631. The molecule has 1 fully saturated rings. The Hall–Kier alpha value is -1.03. The highest BCUT2D eigenvalue weighted by molar-refractivity contribution is 9.10. The van der Waals surface area contributed by atoms with Crippen molar-refractivity contribution in [1.82, 2.24) is 0 Å². The first-order valence-electron chi connectivity index (χ1n) is 6.20. The minimum absolute atomic E-state index is 0.158. The first kappa shape index (κ1) is 13.4. The Labute approximate surface area is 115 Å². The van der Waals surface area contributed by atoms with Crippen LogP contribution in [0.4, 0.5) is 0 Å². The lowest BCUT2D eigenvalue weighted by molar-refractivity contribution is -0.145. The first-order valence-corrected chi connectivity index (χ1v) is 7.00. The second kappa shape index (κ2) is 4.92. The molecule has 2 rings (SSSR count). The Bertz CT molecular complexity index is 453. The molecule has 0 aromatic heterocycles. The van der Waals surface area contributed by atoms with E-state index in [1.165, 1.54) is 0 Å². The number of halogens is 1. The van der Waals surface area contributed by atoms with Crippen LogP contribution in [0, 0.1) is 6.92 Å². The van der Waals surface area contributed by atoms with Crippen molar-refractivity contribution in [2.45, 2.75) is 44.4 Å². The predicted octanol–water partition coefficient (Wildman–Crippen LogP) is 3.75. The van der Waals surface area contributed by atoms with E-state index < -0.39 is 11.4 Å². The highest BCUT2D eigenvalue weighted by Gasteiger charge is 2.41. The summed E-state index contributed by atoms with van der Waals surface area (Å²) in [5, 5.41) is 19.5. The fourth-order valence-corrected chi connectivity index (χ4v) is 3.17. The third-order valence-corrected chi connectivity index (χ3v) is 4.81. The number of aliphatic carboxylic acids is 1. The van der Waals surface area contributed by atoms with Gasteiger partial charge >= 0.3 is 5.97 Å². The summed E-state index contributed by atoms with van der Waals surface area (Å²) in [7, 11) is 0. The highest BCUT2D eigenvalue weighted by Crippen LogP contribution is 2.42. The van der Waals surface area contributed by atoms with Crippen LogP contribution in [0.2, 0.25) is 0 Å². The maximum absolute atomic E-state index is 11.7. The summed E-state index contributed by atoms with van der Waals surface area (Å²) < 4.78 is 0.767. The summed E-state index contributed by atoms with van der Waals surface area (Å²) in [6, 6.07) is 3.45. The number of phenolic OH excluding ortho intramolecular Hbond substituents is 1. The number of benzene rings is 1. The monoisotopic (exact) mass is 312 g/mol. The molecular formula is C14H17BrO3. The molecule has 0 radical (unpaired) electrons. The van der Waals surface area contributed by atoms with Gasteiger partial charge in [0.25, 0.3) is 0 Å². The van der Waals surface area contributed by atoms with Crippen LogP contribution in [0.15, 0.2) is 16.6 Å². The fraction of sp³-hybridized carbons (Fsp3) is 0.500. The Balaban J connectivity index is 2.52. The molecule has 0 heterocycles. The maximum Gasteiger partial charge on any atom is 0.314 e. The number of carboxylic acid groups (broad SMARTS) is 1. The van der Waals surface area contributed by atoms with E-state index in [9.17, 15) is 15.0 Å². The normalized spacial score (nSPS) is 18.6. The van der Waals surface area contributed by atoms with Crippen LogP contribution in [0.1, 0.15) is 43.2 Å². The van der Waals surface area contributed by atoms with Gasteiger partial charge in [-0.25, -0.2) is 0 Å². The lowest BCUT2D eigenvalue weighted by atomic mass is 9.69. The molecule has 0 bridgehead atoms. The molecule has 0 spiro atoms. The van der Waals surface area contributed by atoms with Gasteiger partial charge in [0.05, 0.1) is 5.41 Å². The van der Waals surface area contributed by atoms with Crippen molar-refractivity contribution < 1.29 is 15.0 Å². The molecule has 2 N–H and O–H groups in total. The molecular weight excluding hydrogens is 296 g/mol. The van der Waals surface area contributed by atoms with Gasteiger partial charge in [-0.3, -0.25) is 4.79 Å². The molecule has 1 aromatic rings. The molecule has 4 heteroatoms. The zero-order valence-corrected chi connectivity index (χ0v) is 12.0. The van der Waals surface area contributed by atoms with Gasteiger partial charge in [-0.05, 0) is 37.5 Å². The van der Waals surface area contributed by atoms with Crippen molar-refractivity contribution in [3.8, 4) is 5.75 Å². The minimum atomic E-state index is -0.827. The Morgan fingerprint density at radius 1 is 1.28 bits per heavy atom. The van der Waals surface area contributed by atoms with Crippen molar-refractivity contribution in [2.75, 3.05) is 0 Å². The molecule has 0 aliphatic heterocycles. The zero-order valence-electron chi connectivity index (χ0n) is 10.4. The van der Waals surface area contributed by atoms with Gasteiger partial charge in [0.1, 0.15) is 5.75 Å². The van der Waals surface area contributed by atoms with Crippen LogP contribution < -0.4 is 0 Å². The summed E-state index contributed by atoms with van der Waals surface area (Å²) in [6.07, 6.45) is 4.25. The lowest BCUT2D eigenvalue weighted by Gasteiger charge is -2.34. The summed E-state index contributed by atoms with van der Waals surface area (Å²) in [4.78, 5) is 11.7. The van der Waals surface area contributed by atoms with E-state index in [4.69, 9.17) is 0 Å². The number of carboxylic acids is 1. The number of hydrogen-bond acceptors (Lipinski definition) is 2. The third kappa shape index (κ3) is 2.14.